The van der Waals surface area contributed by atoms with Gasteiger partial charge in [0.1, 0.15) is 18.5 Å². The summed E-state index contributed by atoms with van der Waals surface area (Å²) in [5.74, 6) is -0.116. The van der Waals surface area contributed by atoms with Gasteiger partial charge in [-0.25, -0.2) is 19.1 Å². The number of amides is 2. The Labute approximate surface area is 204 Å². The molecule has 0 spiro atoms. The fourth-order valence-corrected chi connectivity index (χ4v) is 4.42. The lowest BCUT2D eigenvalue weighted by Crippen LogP contribution is -2.45. The van der Waals surface area contributed by atoms with Crippen LogP contribution in [-0.4, -0.2) is 39.3 Å². The van der Waals surface area contributed by atoms with Gasteiger partial charge in [-0.3, -0.25) is 4.79 Å². The summed E-state index contributed by atoms with van der Waals surface area (Å²) >= 11 is 0. The largest absolute Gasteiger partial charge is 0.445 e. The van der Waals surface area contributed by atoms with Crippen molar-refractivity contribution in [3.63, 3.8) is 0 Å². The normalized spacial score (nSPS) is 17.6. The fraction of sp³-hybridized carbons (Fsp3) is 0.385. The summed E-state index contributed by atoms with van der Waals surface area (Å²) < 4.78 is 12.3. The Kier molecular flexibility index (Phi) is 6.51. The summed E-state index contributed by atoms with van der Waals surface area (Å²) in [6.45, 7) is 8.94. The number of benzene rings is 2. The lowest BCUT2D eigenvalue weighted by atomic mass is 9.90. The van der Waals surface area contributed by atoms with Crippen molar-refractivity contribution < 1.29 is 23.9 Å². The molecule has 3 aromatic rings. The maximum Gasteiger partial charge on any atom is 0.420 e. The number of nitrogens with one attached hydrogen (secondary N) is 1. The maximum absolute atomic E-state index is 12.8. The van der Waals surface area contributed by atoms with Gasteiger partial charge >= 0.3 is 12.2 Å². The number of imidazole rings is 1. The third kappa shape index (κ3) is 5.13. The van der Waals surface area contributed by atoms with E-state index in [-0.39, 0.29) is 18.6 Å². The quantitative estimate of drug-likeness (QED) is 0.572. The number of ether oxygens (including phenoxy) is 2. The van der Waals surface area contributed by atoms with E-state index in [1.807, 2.05) is 37.3 Å². The molecule has 0 aliphatic carbocycles. The first kappa shape index (κ1) is 24.3. The van der Waals surface area contributed by atoms with Gasteiger partial charge in [0.05, 0.1) is 22.8 Å². The molecule has 2 aromatic carbocycles. The van der Waals surface area contributed by atoms with Crippen molar-refractivity contribution in [2.24, 2.45) is 0 Å². The molecule has 2 amide bonds. The summed E-state index contributed by atoms with van der Waals surface area (Å²) in [4.78, 5) is 44.1. The van der Waals surface area contributed by atoms with E-state index in [4.69, 9.17) is 9.47 Å². The third-order valence-electron chi connectivity index (χ3n) is 5.79. The number of aromatic nitrogens is 2. The standard InChI is InChI=1S/C26H30N4O5/c1-16-13-19(28-24(32)34-14-18-9-7-6-8-10-18)22-20(30(16)17(2)31)11-12-21-23(22)27-15-29(21)25(33)35-26(3,4)5/h6-12,15-16,19H,13-14H2,1-5H3,(H,28,32)/t16-,19+/m1/s1. The number of hydrogen-bond donors (Lipinski definition) is 1. The number of alkyl carbamates (subject to hydrolysis) is 1. The predicted octanol–water partition coefficient (Wildman–Crippen LogP) is 4.93. The monoisotopic (exact) mass is 478 g/mol. The van der Waals surface area contributed by atoms with Gasteiger partial charge in [-0.15, -0.1) is 0 Å². The molecule has 0 bridgehead atoms. The molecule has 1 aliphatic heterocycles. The van der Waals surface area contributed by atoms with Gasteiger partial charge in [0.2, 0.25) is 5.91 Å². The van der Waals surface area contributed by atoms with Crippen molar-refractivity contribution in [3.05, 3.63) is 59.9 Å². The number of hydrogen-bond acceptors (Lipinski definition) is 6. The second-order valence-corrected chi connectivity index (χ2v) is 9.69. The first-order valence-electron chi connectivity index (χ1n) is 11.6. The van der Waals surface area contributed by atoms with Gasteiger partial charge < -0.3 is 19.7 Å². The number of carbonyl (C=O) groups excluding carboxylic acids is 3. The lowest BCUT2D eigenvalue weighted by Gasteiger charge is -2.39. The van der Waals surface area contributed by atoms with Crippen LogP contribution < -0.4 is 10.2 Å². The highest BCUT2D eigenvalue weighted by Gasteiger charge is 2.36. The highest BCUT2D eigenvalue weighted by molar-refractivity contribution is 5.99. The van der Waals surface area contributed by atoms with Crippen molar-refractivity contribution in [2.75, 3.05) is 4.90 Å². The van der Waals surface area contributed by atoms with E-state index in [1.165, 1.54) is 17.8 Å². The molecule has 2 heterocycles. The highest BCUT2D eigenvalue weighted by Crippen LogP contribution is 2.41. The first-order chi connectivity index (χ1) is 16.5. The molecule has 1 aromatic heterocycles. The zero-order valence-electron chi connectivity index (χ0n) is 20.6. The van der Waals surface area contributed by atoms with Gasteiger partial charge in [0, 0.05) is 18.5 Å². The van der Waals surface area contributed by atoms with Crippen LogP contribution in [0.25, 0.3) is 11.0 Å². The van der Waals surface area contributed by atoms with Crippen LogP contribution in [0.5, 0.6) is 0 Å². The number of carbonyl (C=O) groups is 3. The van der Waals surface area contributed by atoms with Crippen molar-refractivity contribution >= 4 is 34.8 Å². The summed E-state index contributed by atoms with van der Waals surface area (Å²) in [6.07, 6.45) is 0.738. The molecule has 1 aliphatic rings. The van der Waals surface area contributed by atoms with E-state index < -0.39 is 23.8 Å². The Balaban J connectivity index is 1.68. The second kappa shape index (κ2) is 9.40. The predicted molar refractivity (Wildman–Crippen MR) is 131 cm³/mol. The van der Waals surface area contributed by atoms with Crippen LogP contribution in [0.2, 0.25) is 0 Å². The van der Waals surface area contributed by atoms with Crippen molar-refractivity contribution in [2.45, 2.75) is 65.3 Å². The summed E-state index contributed by atoms with van der Waals surface area (Å²) in [7, 11) is 0. The van der Waals surface area contributed by atoms with Gasteiger partial charge in [-0.05, 0) is 51.8 Å². The molecule has 9 nitrogen and oxygen atoms in total. The molecule has 0 saturated carbocycles. The van der Waals surface area contributed by atoms with E-state index in [0.29, 0.717) is 28.7 Å². The van der Waals surface area contributed by atoms with Crippen LogP contribution in [0.4, 0.5) is 15.3 Å². The van der Waals surface area contributed by atoms with Crippen molar-refractivity contribution in [1.29, 1.82) is 0 Å². The average molecular weight is 479 g/mol. The minimum Gasteiger partial charge on any atom is -0.445 e. The highest BCUT2D eigenvalue weighted by atomic mass is 16.6. The Hall–Kier alpha value is -3.88. The van der Waals surface area contributed by atoms with E-state index in [2.05, 4.69) is 10.3 Å². The number of anilines is 1. The number of fused-ring (bicyclic) bond motifs is 3. The van der Waals surface area contributed by atoms with Crippen LogP contribution in [0.15, 0.2) is 48.8 Å². The maximum atomic E-state index is 12.8. The molecule has 0 fully saturated rings. The van der Waals surface area contributed by atoms with Crippen LogP contribution in [0.3, 0.4) is 0 Å². The fourth-order valence-electron chi connectivity index (χ4n) is 4.42. The number of rotatable bonds is 3. The molecule has 9 heteroatoms. The van der Waals surface area contributed by atoms with Crippen molar-refractivity contribution in [1.82, 2.24) is 14.9 Å². The molecule has 4 rings (SSSR count). The van der Waals surface area contributed by atoms with Crippen LogP contribution >= 0.6 is 0 Å². The number of nitrogens with zero attached hydrogens (tertiary/aromatic N) is 3. The average Bonchev–Trinajstić information content (AvgIpc) is 3.21. The third-order valence-corrected chi connectivity index (χ3v) is 5.79. The van der Waals surface area contributed by atoms with Gasteiger partial charge in [0.15, 0.2) is 0 Å². The molecular weight excluding hydrogens is 448 g/mol. The summed E-state index contributed by atoms with van der Waals surface area (Å²) in [5.41, 5.74) is 2.55. The molecule has 0 unspecified atom stereocenters. The van der Waals surface area contributed by atoms with Crippen LogP contribution in [-0.2, 0) is 20.9 Å². The van der Waals surface area contributed by atoms with Crippen molar-refractivity contribution in [3.8, 4) is 0 Å². The smallest absolute Gasteiger partial charge is 0.420 e. The van der Waals surface area contributed by atoms with E-state index >= 15 is 0 Å². The topological polar surface area (TPSA) is 103 Å². The molecule has 2 atom stereocenters. The molecule has 0 radical (unpaired) electrons. The summed E-state index contributed by atoms with van der Waals surface area (Å²) in [6, 6.07) is 12.3. The van der Waals surface area contributed by atoms with E-state index in [0.717, 1.165) is 5.56 Å². The second-order valence-electron chi connectivity index (χ2n) is 9.69. The van der Waals surface area contributed by atoms with Gasteiger partial charge in [-0.1, -0.05) is 30.3 Å². The molecule has 0 saturated heterocycles. The Bertz CT molecular complexity index is 1260. The SMILES string of the molecule is CC(=O)N1c2ccc3c(ncn3C(=O)OC(C)(C)C)c2[C@@H](NC(=O)OCc2ccccc2)C[C@H]1C. The zero-order chi connectivity index (χ0) is 25.3. The van der Waals surface area contributed by atoms with Gasteiger partial charge in [0.25, 0.3) is 0 Å². The molecule has 184 valence electrons. The van der Waals surface area contributed by atoms with Crippen LogP contribution in [0.1, 0.15) is 58.2 Å². The van der Waals surface area contributed by atoms with Crippen LogP contribution in [0, 0.1) is 0 Å². The van der Waals surface area contributed by atoms with E-state index in [1.54, 1.807) is 37.8 Å². The Morgan fingerprint density at radius 3 is 2.49 bits per heavy atom. The van der Waals surface area contributed by atoms with E-state index in [9.17, 15) is 14.4 Å². The molecule has 1 N–H and O–H groups in total. The lowest BCUT2D eigenvalue weighted by molar-refractivity contribution is -0.117. The minimum absolute atomic E-state index is 0.116. The Morgan fingerprint density at radius 2 is 1.83 bits per heavy atom. The zero-order valence-corrected chi connectivity index (χ0v) is 20.6. The summed E-state index contributed by atoms with van der Waals surface area (Å²) in [5, 5.41) is 2.94. The van der Waals surface area contributed by atoms with Gasteiger partial charge in [-0.2, -0.15) is 0 Å². The first-order valence-corrected chi connectivity index (χ1v) is 11.6. The molecular formula is C26H30N4O5. The Morgan fingerprint density at radius 1 is 1.11 bits per heavy atom. The molecule has 35 heavy (non-hydrogen) atoms. The minimum atomic E-state index is -0.671.